The minimum Gasteiger partial charge on any atom is -0.493 e. The first kappa shape index (κ1) is 20.9. The lowest BCUT2D eigenvalue weighted by Crippen LogP contribution is -2.00. The van der Waals surface area contributed by atoms with Crippen LogP contribution in [0.3, 0.4) is 0 Å². The number of hydrogen-bond donors (Lipinski definition) is 1. The van der Waals surface area contributed by atoms with Crippen LogP contribution in [0.2, 0.25) is 0 Å². The van der Waals surface area contributed by atoms with Gasteiger partial charge in [-0.15, -0.1) is 0 Å². The second-order valence-electron chi connectivity index (χ2n) is 5.65. The summed E-state index contributed by atoms with van der Waals surface area (Å²) in [5.74, 6) is 2.03. The molecule has 1 N–H and O–H groups in total. The summed E-state index contributed by atoms with van der Waals surface area (Å²) in [6.07, 6.45) is 1.71. The number of hydrogen-bond acceptors (Lipinski definition) is 8. The predicted molar refractivity (Wildman–Crippen MR) is 111 cm³/mol. The van der Waals surface area contributed by atoms with Crippen molar-refractivity contribution < 1.29 is 31.9 Å². The van der Waals surface area contributed by atoms with Gasteiger partial charge in [0.1, 0.15) is 0 Å². The van der Waals surface area contributed by atoms with Crippen LogP contribution in [-0.2, 0) is 11.4 Å². The van der Waals surface area contributed by atoms with E-state index in [0.29, 0.717) is 23.0 Å². The van der Waals surface area contributed by atoms with Crippen molar-refractivity contribution in [2.24, 2.45) is 0 Å². The molecular weight excluding hydrogens is 418 g/mol. The predicted octanol–water partition coefficient (Wildman–Crippen LogP) is 4.03. The first-order valence-electron chi connectivity index (χ1n) is 8.25. The zero-order valence-corrected chi connectivity index (χ0v) is 17.8. The van der Waals surface area contributed by atoms with Crippen LogP contribution >= 0.6 is 11.5 Å². The molecule has 1 aromatic heterocycles. The Bertz CT molecular complexity index is 1010. The van der Waals surface area contributed by atoms with E-state index in [1.165, 1.54) is 18.6 Å². The number of ether oxygens (including phenoxy) is 4. The van der Waals surface area contributed by atoms with E-state index in [0.717, 1.165) is 21.6 Å². The molecule has 3 aromatic rings. The van der Waals surface area contributed by atoms with Gasteiger partial charge < -0.3 is 23.1 Å². The number of nitrogens with zero attached hydrogens (tertiary/aromatic N) is 1. The standard InChI is InChI=1S/C19H19NO7S2/c1-23-14-6-5-11(7-15(14)27-29(21)22)13-10-20-28-19(13)12-8-16(24-2)18(26-4)17(9-12)25-3/h5-10H,1-4H3,(H,21,22). The van der Waals surface area contributed by atoms with Crippen molar-refractivity contribution in [1.29, 1.82) is 0 Å². The Morgan fingerprint density at radius 3 is 2.03 bits per heavy atom. The third-order valence-corrected chi connectivity index (χ3v) is 5.30. The largest absolute Gasteiger partial charge is 0.493 e. The second-order valence-corrected chi connectivity index (χ2v) is 7.05. The van der Waals surface area contributed by atoms with Crippen LogP contribution in [0.25, 0.3) is 21.6 Å². The van der Waals surface area contributed by atoms with Gasteiger partial charge in [-0.3, -0.25) is 4.55 Å². The molecule has 0 bridgehead atoms. The fourth-order valence-electron chi connectivity index (χ4n) is 2.85. The molecule has 0 saturated carbocycles. The van der Waals surface area contributed by atoms with Crippen molar-refractivity contribution in [2.45, 2.75) is 0 Å². The Labute approximate surface area is 174 Å². The molecule has 8 nitrogen and oxygen atoms in total. The third kappa shape index (κ3) is 4.29. The Morgan fingerprint density at radius 1 is 0.862 bits per heavy atom. The molecule has 0 aliphatic carbocycles. The minimum atomic E-state index is -2.48. The zero-order valence-electron chi connectivity index (χ0n) is 16.1. The van der Waals surface area contributed by atoms with E-state index in [9.17, 15) is 4.21 Å². The molecule has 154 valence electrons. The third-order valence-electron chi connectivity index (χ3n) is 4.13. The van der Waals surface area contributed by atoms with Gasteiger partial charge in [-0.1, -0.05) is 6.07 Å². The topological polar surface area (TPSA) is 96.3 Å². The molecule has 0 spiro atoms. The normalized spacial score (nSPS) is 11.6. The molecular formula is C19H19NO7S2. The van der Waals surface area contributed by atoms with E-state index in [1.54, 1.807) is 39.7 Å². The monoisotopic (exact) mass is 437 g/mol. The van der Waals surface area contributed by atoms with Crippen LogP contribution in [-0.4, -0.2) is 41.6 Å². The highest BCUT2D eigenvalue weighted by Gasteiger charge is 2.19. The van der Waals surface area contributed by atoms with Crippen LogP contribution in [0.4, 0.5) is 0 Å². The van der Waals surface area contributed by atoms with Crippen molar-refractivity contribution in [2.75, 3.05) is 28.4 Å². The number of benzene rings is 2. The van der Waals surface area contributed by atoms with Gasteiger partial charge in [0.05, 0.1) is 33.3 Å². The maximum atomic E-state index is 11.1. The minimum absolute atomic E-state index is 0.146. The van der Waals surface area contributed by atoms with Gasteiger partial charge in [-0.2, -0.15) is 8.58 Å². The van der Waals surface area contributed by atoms with Gasteiger partial charge in [0.15, 0.2) is 23.0 Å². The molecule has 0 fully saturated rings. The summed E-state index contributed by atoms with van der Waals surface area (Å²) in [5, 5.41) is 0. The molecule has 0 aliphatic rings. The molecule has 3 rings (SSSR count). The Kier molecular flexibility index (Phi) is 6.57. The van der Waals surface area contributed by atoms with Crippen molar-refractivity contribution in [3.8, 4) is 50.3 Å². The van der Waals surface area contributed by atoms with Gasteiger partial charge in [-0.05, 0) is 41.4 Å². The van der Waals surface area contributed by atoms with E-state index in [-0.39, 0.29) is 5.75 Å². The molecule has 0 radical (unpaired) electrons. The van der Waals surface area contributed by atoms with E-state index in [4.69, 9.17) is 27.7 Å². The molecule has 0 aliphatic heterocycles. The molecule has 1 heterocycles. The van der Waals surface area contributed by atoms with E-state index in [2.05, 4.69) is 4.37 Å². The molecule has 0 amide bonds. The lowest BCUT2D eigenvalue weighted by Gasteiger charge is -2.14. The van der Waals surface area contributed by atoms with E-state index < -0.39 is 11.4 Å². The van der Waals surface area contributed by atoms with Crippen LogP contribution in [0.15, 0.2) is 36.5 Å². The number of methoxy groups -OCH3 is 4. The van der Waals surface area contributed by atoms with Crippen LogP contribution in [0.1, 0.15) is 0 Å². The average Bonchev–Trinajstić information content (AvgIpc) is 3.22. The number of aromatic nitrogens is 1. The first-order valence-corrected chi connectivity index (χ1v) is 10.1. The number of rotatable bonds is 8. The molecule has 2 aromatic carbocycles. The van der Waals surface area contributed by atoms with Crippen LogP contribution in [0, 0.1) is 0 Å². The SMILES string of the molecule is COc1ccc(-c2cnsc2-c2cc(OC)c(OC)c(OC)c2)cc1OS(=O)O. The van der Waals surface area contributed by atoms with Crippen molar-refractivity contribution >= 4 is 22.9 Å². The summed E-state index contributed by atoms with van der Waals surface area (Å²) in [7, 11) is 6.10. The fourth-order valence-corrected chi connectivity index (χ4v) is 3.89. The molecule has 0 saturated heterocycles. The maximum Gasteiger partial charge on any atom is 0.357 e. The smallest absolute Gasteiger partial charge is 0.357 e. The summed E-state index contributed by atoms with van der Waals surface area (Å²) in [4.78, 5) is 0.852. The first-order chi connectivity index (χ1) is 14.0. The summed E-state index contributed by atoms with van der Waals surface area (Å²) in [6.45, 7) is 0. The van der Waals surface area contributed by atoms with E-state index in [1.807, 2.05) is 18.2 Å². The van der Waals surface area contributed by atoms with Crippen molar-refractivity contribution in [3.05, 3.63) is 36.5 Å². The highest BCUT2D eigenvalue weighted by molar-refractivity contribution is 7.74. The molecule has 10 heteroatoms. The summed E-state index contributed by atoms with van der Waals surface area (Å²) >= 11 is -1.18. The Balaban J connectivity index is 2.12. The molecule has 29 heavy (non-hydrogen) atoms. The van der Waals surface area contributed by atoms with Gasteiger partial charge in [-0.25, -0.2) is 0 Å². The highest BCUT2D eigenvalue weighted by atomic mass is 32.2. The highest BCUT2D eigenvalue weighted by Crippen LogP contribution is 2.45. The molecule has 1 atom stereocenters. The quantitative estimate of drug-likeness (QED) is 0.528. The average molecular weight is 437 g/mol. The van der Waals surface area contributed by atoms with Crippen LogP contribution < -0.4 is 23.1 Å². The molecule has 1 unspecified atom stereocenters. The summed E-state index contributed by atoms with van der Waals surface area (Å²) in [5.41, 5.74) is 2.37. The fraction of sp³-hybridized carbons (Fsp3) is 0.211. The summed E-state index contributed by atoms with van der Waals surface area (Å²) in [6, 6.07) is 8.77. The lowest BCUT2D eigenvalue weighted by molar-refractivity contribution is 0.324. The van der Waals surface area contributed by atoms with Crippen LogP contribution in [0.5, 0.6) is 28.7 Å². The second kappa shape index (κ2) is 9.12. The lowest BCUT2D eigenvalue weighted by atomic mass is 10.0. The van der Waals surface area contributed by atoms with Gasteiger partial charge in [0, 0.05) is 17.3 Å². The maximum absolute atomic E-state index is 11.1. The Hall–Kier alpha value is -2.82. The zero-order chi connectivity index (χ0) is 21.0. The van der Waals surface area contributed by atoms with Gasteiger partial charge in [0.2, 0.25) is 5.75 Å². The Morgan fingerprint density at radius 2 is 1.48 bits per heavy atom. The van der Waals surface area contributed by atoms with Crippen molar-refractivity contribution in [1.82, 2.24) is 4.37 Å². The van der Waals surface area contributed by atoms with Crippen molar-refractivity contribution in [3.63, 3.8) is 0 Å². The van der Waals surface area contributed by atoms with Gasteiger partial charge in [0.25, 0.3) is 0 Å². The summed E-state index contributed by atoms with van der Waals surface area (Å²) < 4.78 is 50.9. The van der Waals surface area contributed by atoms with Gasteiger partial charge >= 0.3 is 11.4 Å². The van der Waals surface area contributed by atoms with E-state index >= 15 is 0 Å².